The number of aryl methyl sites for hydroxylation is 2. The van der Waals surface area contributed by atoms with E-state index < -0.39 is 5.97 Å². The van der Waals surface area contributed by atoms with Gasteiger partial charge in [0.1, 0.15) is 16.8 Å². The molecule has 1 N–H and O–H groups in total. The molecule has 0 unspecified atom stereocenters. The molecular formula is C18H16N2O4S. The molecule has 6 nitrogen and oxygen atoms in total. The highest BCUT2D eigenvalue weighted by atomic mass is 32.2. The van der Waals surface area contributed by atoms with Crippen molar-refractivity contribution < 1.29 is 19.4 Å². The van der Waals surface area contributed by atoms with E-state index >= 15 is 0 Å². The monoisotopic (exact) mass is 356 g/mol. The summed E-state index contributed by atoms with van der Waals surface area (Å²) in [6.07, 6.45) is 0. The lowest BCUT2D eigenvalue weighted by molar-refractivity contribution is -0.0169. The molecule has 0 amide bonds. The summed E-state index contributed by atoms with van der Waals surface area (Å²) in [5.41, 5.74) is 3.93. The number of ether oxygens (including phenoxy) is 2. The summed E-state index contributed by atoms with van der Waals surface area (Å²) < 4.78 is 10.8. The fraction of sp³-hybridized carbons (Fsp3) is 0.278. The highest BCUT2D eigenvalue weighted by Crippen LogP contribution is 2.35. The molecule has 0 saturated carbocycles. The molecule has 25 heavy (non-hydrogen) atoms. The van der Waals surface area contributed by atoms with E-state index in [0.29, 0.717) is 28.7 Å². The Morgan fingerprint density at radius 3 is 2.92 bits per heavy atom. The number of pyridine rings is 1. The van der Waals surface area contributed by atoms with Gasteiger partial charge < -0.3 is 14.6 Å². The Morgan fingerprint density at radius 2 is 2.20 bits per heavy atom. The number of hydrogen-bond donors (Lipinski definition) is 1. The Morgan fingerprint density at radius 1 is 1.40 bits per heavy atom. The molecule has 7 heteroatoms. The van der Waals surface area contributed by atoms with Gasteiger partial charge in [0.15, 0.2) is 6.79 Å². The summed E-state index contributed by atoms with van der Waals surface area (Å²) in [5, 5.41) is 19.3. The zero-order chi connectivity index (χ0) is 18.0. The van der Waals surface area contributed by atoms with E-state index in [1.165, 1.54) is 11.8 Å². The first kappa shape index (κ1) is 17.3. The van der Waals surface area contributed by atoms with Crippen molar-refractivity contribution in [1.82, 2.24) is 4.98 Å². The van der Waals surface area contributed by atoms with E-state index in [0.717, 1.165) is 22.4 Å². The van der Waals surface area contributed by atoms with Crippen LogP contribution in [0.4, 0.5) is 0 Å². The van der Waals surface area contributed by atoms with Crippen LogP contribution in [-0.4, -0.2) is 22.9 Å². The number of thioether (sulfide) groups is 1. The van der Waals surface area contributed by atoms with Crippen LogP contribution >= 0.6 is 11.8 Å². The van der Waals surface area contributed by atoms with Gasteiger partial charge in [0.2, 0.25) is 0 Å². The molecule has 2 heterocycles. The summed E-state index contributed by atoms with van der Waals surface area (Å²) in [6.45, 7) is 4.22. The second kappa shape index (κ2) is 7.13. The fourth-order valence-corrected chi connectivity index (χ4v) is 3.79. The lowest BCUT2D eigenvalue weighted by Gasteiger charge is -2.21. The Hall–Kier alpha value is -2.56. The molecule has 0 spiro atoms. The van der Waals surface area contributed by atoms with Crippen LogP contribution in [0, 0.1) is 25.2 Å². The Bertz CT molecular complexity index is 890. The molecule has 0 radical (unpaired) electrons. The lowest BCUT2D eigenvalue weighted by Crippen LogP contribution is -2.14. The number of nitriles is 1. The lowest BCUT2D eigenvalue weighted by atomic mass is 10.0. The topological polar surface area (TPSA) is 92.4 Å². The fourth-order valence-electron chi connectivity index (χ4n) is 2.72. The number of carboxylic acid groups (broad SMARTS) is 1. The van der Waals surface area contributed by atoms with E-state index in [2.05, 4.69) is 11.1 Å². The third-order valence-corrected chi connectivity index (χ3v) is 4.85. The van der Waals surface area contributed by atoms with Gasteiger partial charge in [-0.15, -0.1) is 11.8 Å². The van der Waals surface area contributed by atoms with Crippen LogP contribution < -0.4 is 4.74 Å². The molecule has 3 rings (SSSR count). The number of aromatic nitrogens is 1. The predicted octanol–water partition coefficient (Wildman–Crippen LogP) is 3.43. The van der Waals surface area contributed by atoms with Crippen molar-refractivity contribution in [2.75, 3.05) is 6.79 Å². The van der Waals surface area contributed by atoms with Gasteiger partial charge in [-0.25, -0.2) is 9.78 Å². The second-order valence-corrected chi connectivity index (χ2v) is 6.66. The molecule has 0 atom stereocenters. The van der Waals surface area contributed by atoms with Gasteiger partial charge >= 0.3 is 5.97 Å². The van der Waals surface area contributed by atoms with Gasteiger partial charge in [-0.05, 0) is 37.6 Å². The summed E-state index contributed by atoms with van der Waals surface area (Å²) in [6, 6.07) is 7.24. The number of benzene rings is 1. The smallest absolute Gasteiger partial charge is 0.335 e. The highest BCUT2D eigenvalue weighted by molar-refractivity contribution is 7.98. The van der Waals surface area contributed by atoms with Crippen molar-refractivity contribution in [3.8, 4) is 11.8 Å². The van der Waals surface area contributed by atoms with Crippen LogP contribution in [0.15, 0.2) is 23.2 Å². The predicted molar refractivity (Wildman–Crippen MR) is 91.7 cm³/mol. The van der Waals surface area contributed by atoms with E-state index in [1.54, 1.807) is 12.1 Å². The molecule has 2 aromatic rings. The zero-order valence-electron chi connectivity index (χ0n) is 13.8. The van der Waals surface area contributed by atoms with Crippen molar-refractivity contribution in [3.05, 3.63) is 51.7 Å². The molecular weight excluding hydrogens is 340 g/mol. The molecule has 1 aliphatic heterocycles. The number of fused-ring (bicyclic) bond motifs is 1. The van der Waals surface area contributed by atoms with Crippen molar-refractivity contribution in [1.29, 1.82) is 5.26 Å². The van der Waals surface area contributed by atoms with E-state index in [1.807, 2.05) is 19.9 Å². The molecule has 1 aromatic heterocycles. The summed E-state index contributed by atoms with van der Waals surface area (Å²) in [4.78, 5) is 15.8. The first-order chi connectivity index (χ1) is 12.0. The van der Waals surface area contributed by atoms with Crippen molar-refractivity contribution in [2.45, 2.75) is 31.2 Å². The van der Waals surface area contributed by atoms with Gasteiger partial charge in [0.05, 0.1) is 17.7 Å². The maximum atomic E-state index is 11.4. The summed E-state index contributed by atoms with van der Waals surface area (Å²) >= 11 is 1.40. The maximum absolute atomic E-state index is 11.4. The normalized spacial score (nSPS) is 12.8. The van der Waals surface area contributed by atoms with Crippen LogP contribution in [0.1, 0.15) is 38.3 Å². The van der Waals surface area contributed by atoms with Crippen LogP contribution in [0.2, 0.25) is 0 Å². The Labute approximate surface area is 149 Å². The molecule has 128 valence electrons. The van der Waals surface area contributed by atoms with E-state index in [4.69, 9.17) is 9.47 Å². The van der Waals surface area contributed by atoms with Crippen molar-refractivity contribution >= 4 is 17.7 Å². The third-order valence-electron chi connectivity index (χ3n) is 3.82. The highest BCUT2D eigenvalue weighted by Gasteiger charge is 2.20. The number of rotatable bonds is 4. The van der Waals surface area contributed by atoms with Gasteiger partial charge in [-0.2, -0.15) is 5.26 Å². The average molecular weight is 356 g/mol. The second-order valence-electron chi connectivity index (χ2n) is 5.70. The Balaban J connectivity index is 1.95. The minimum absolute atomic E-state index is 0.141. The van der Waals surface area contributed by atoms with Crippen molar-refractivity contribution in [3.63, 3.8) is 0 Å². The molecule has 0 bridgehead atoms. The molecule has 0 saturated heterocycles. The minimum Gasteiger partial charge on any atom is -0.478 e. The van der Waals surface area contributed by atoms with Gasteiger partial charge in [0.25, 0.3) is 0 Å². The quantitative estimate of drug-likeness (QED) is 0.839. The van der Waals surface area contributed by atoms with Crippen LogP contribution in [0.25, 0.3) is 0 Å². The first-order valence-corrected chi connectivity index (χ1v) is 8.59. The van der Waals surface area contributed by atoms with E-state index in [9.17, 15) is 15.2 Å². The van der Waals surface area contributed by atoms with Crippen LogP contribution in [0.3, 0.4) is 0 Å². The average Bonchev–Trinajstić information content (AvgIpc) is 2.59. The summed E-state index contributed by atoms with van der Waals surface area (Å²) in [7, 11) is 0. The van der Waals surface area contributed by atoms with Gasteiger partial charge in [-0.3, -0.25) is 0 Å². The molecule has 0 aliphatic carbocycles. The van der Waals surface area contributed by atoms with Crippen molar-refractivity contribution in [2.24, 2.45) is 0 Å². The number of carbonyl (C=O) groups is 1. The first-order valence-electron chi connectivity index (χ1n) is 7.60. The number of aromatic carboxylic acids is 1. The number of nitrogens with zero attached hydrogens (tertiary/aromatic N) is 2. The third kappa shape index (κ3) is 3.60. The Kier molecular flexibility index (Phi) is 4.93. The van der Waals surface area contributed by atoms with Gasteiger partial charge in [0, 0.05) is 22.6 Å². The van der Waals surface area contributed by atoms with Crippen LogP contribution in [-0.2, 0) is 17.1 Å². The standard InChI is InChI=1S/C18H16N2O4S/c1-10-3-11(2)20-17(15(10)6-19)25-8-14-5-12(18(21)22)4-13-7-23-9-24-16(13)14/h3-5H,7-9H2,1-2H3,(H,21,22). The molecule has 0 fully saturated rings. The minimum atomic E-state index is -0.998. The maximum Gasteiger partial charge on any atom is 0.335 e. The number of carboxylic acids is 1. The van der Waals surface area contributed by atoms with E-state index in [-0.39, 0.29) is 12.4 Å². The molecule has 1 aliphatic rings. The van der Waals surface area contributed by atoms with Crippen LogP contribution in [0.5, 0.6) is 5.75 Å². The molecule has 1 aromatic carbocycles. The van der Waals surface area contributed by atoms with Gasteiger partial charge in [-0.1, -0.05) is 0 Å². The zero-order valence-corrected chi connectivity index (χ0v) is 14.6. The summed E-state index contributed by atoms with van der Waals surface area (Å²) in [5.74, 6) is 0.113. The largest absolute Gasteiger partial charge is 0.478 e. The number of hydrogen-bond acceptors (Lipinski definition) is 6. The SMILES string of the molecule is Cc1cc(C)c(C#N)c(SCc2cc(C(=O)O)cc3c2OCOC3)n1.